The molecule has 0 saturated heterocycles. The van der Waals surface area contributed by atoms with Crippen LogP contribution in [0.25, 0.3) is 11.0 Å². The molecular weight excluding hydrogens is 194 g/mol. The first-order valence-corrected chi connectivity index (χ1v) is 4.36. The third-order valence-corrected chi connectivity index (χ3v) is 1.99. The van der Waals surface area contributed by atoms with Gasteiger partial charge >= 0.3 is 5.97 Å². The van der Waals surface area contributed by atoms with Crippen LogP contribution in [-0.4, -0.2) is 34.3 Å². The Morgan fingerprint density at radius 1 is 1.60 bits per heavy atom. The Kier molecular flexibility index (Phi) is 2.21. The van der Waals surface area contributed by atoms with Gasteiger partial charge in [0, 0.05) is 13.3 Å². The largest absolute Gasteiger partial charge is 0.475 e. The second-order valence-electron chi connectivity index (χ2n) is 3.05. The molecule has 76 valence electrons. The number of aromatic carboxylic acids is 1. The van der Waals surface area contributed by atoms with Gasteiger partial charge in [-0.1, -0.05) is 6.07 Å². The van der Waals surface area contributed by atoms with Crippen molar-refractivity contribution in [2.75, 3.05) is 7.05 Å². The molecular formula is C10H9N3O2. The number of carbonyl (C=O) groups is 1. The number of aliphatic imine (C=N–C) groups is 1. The molecule has 5 nitrogen and oxygen atoms in total. The molecule has 0 atom stereocenters. The standard InChI is InChI=1S/C10H9N3O2/c1-11-5-6-2-3-7-8(4-6)13-9(12-7)10(14)15/h2-5H,1H3,(H,12,13)(H,14,15)/b11-5+. The fourth-order valence-corrected chi connectivity index (χ4v) is 1.35. The van der Waals surface area contributed by atoms with Crippen LogP contribution in [0.2, 0.25) is 0 Å². The number of hydrogen-bond acceptors (Lipinski definition) is 3. The predicted molar refractivity (Wildman–Crippen MR) is 56.6 cm³/mol. The lowest BCUT2D eigenvalue weighted by atomic mass is 10.2. The molecule has 2 rings (SSSR count). The summed E-state index contributed by atoms with van der Waals surface area (Å²) in [6, 6.07) is 5.41. The monoisotopic (exact) mass is 203 g/mol. The van der Waals surface area contributed by atoms with E-state index in [4.69, 9.17) is 5.11 Å². The molecule has 0 amide bonds. The zero-order valence-electron chi connectivity index (χ0n) is 8.06. The smallest absolute Gasteiger partial charge is 0.371 e. The Morgan fingerprint density at radius 3 is 3.07 bits per heavy atom. The number of carboxylic acid groups (broad SMARTS) is 1. The van der Waals surface area contributed by atoms with E-state index in [1.54, 1.807) is 25.4 Å². The van der Waals surface area contributed by atoms with Crippen LogP contribution in [0.4, 0.5) is 0 Å². The lowest BCUT2D eigenvalue weighted by Gasteiger charge is -1.90. The normalized spacial score (nSPS) is 11.3. The van der Waals surface area contributed by atoms with Crippen molar-refractivity contribution < 1.29 is 9.90 Å². The Morgan fingerprint density at radius 2 is 2.40 bits per heavy atom. The summed E-state index contributed by atoms with van der Waals surface area (Å²) in [5.41, 5.74) is 2.24. The summed E-state index contributed by atoms with van der Waals surface area (Å²) in [4.78, 5) is 21.2. The van der Waals surface area contributed by atoms with Gasteiger partial charge in [-0.05, 0) is 17.7 Å². The average molecular weight is 203 g/mol. The van der Waals surface area contributed by atoms with Crippen LogP contribution in [0.15, 0.2) is 23.2 Å². The molecule has 0 aliphatic carbocycles. The van der Waals surface area contributed by atoms with Crippen molar-refractivity contribution in [2.45, 2.75) is 0 Å². The van der Waals surface area contributed by atoms with E-state index in [0.29, 0.717) is 11.0 Å². The van der Waals surface area contributed by atoms with Gasteiger partial charge < -0.3 is 10.1 Å². The fraction of sp³-hybridized carbons (Fsp3) is 0.100. The summed E-state index contributed by atoms with van der Waals surface area (Å²) in [6.45, 7) is 0. The Balaban J connectivity index is 2.56. The third-order valence-electron chi connectivity index (χ3n) is 1.99. The summed E-state index contributed by atoms with van der Waals surface area (Å²) in [5, 5.41) is 8.74. The lowest BCUT2D eigenvalue weighted by molar-refractivity contribution is 0.0685. The molecule has 0 bridgehead atoms. The van der Waals surface area contributed by atoms with E-state index in [1.807, 2.05) is 6.07 Å². The Hall–Kier alpha value is -2.17. The number of aromatic amines is 1. The summed E-state index contributed by atoms with van der Waals surface area (Å²) in [7, 11) is 1.68. The molecule has 2 aromatic rings. The van der Waals surface area contributed by atoms with E-state index in [1.165, 1.54) is 0 Å². The minimum Gasteiger partial charge on any atom is -0.475 e. The molecule has 0 aliphatic heterocycles. The molecule has 1 aromatic heterocycles. The minimum atomic E-state index is -1.06. The Labute approximate surface area is 85.5 Å². The van der Waals surface area contributed by atoms with Crippen molar-refractivity contribution >= 4 is 23.2 Å². The first-order chi connectivity index (χ1) is 7.20. The van der Waals surface area contributed by atoms with E-state index in [9.17, 15) is 4.79 Å². The van der Waals surface area contributed by atoms with Crippen LogP contribution in [0.3, 0.4) is 0 Å². The number of aromatic nitrogens is 2. The molecule has 0 saturated carbocycles. The molecule has 0 spiro atoms. The average Bonchev–Trinajstić information content (AvgIpc) is 2.61. The summed E-state index contributed by atoms with van der Waals surface area (Å²) >= 11 is 0. The first kappa shape index (κ1) is 9.39. The maximum Gasteiger partial charge on any atom is 0.371 e. The molecule has 5 heteroatoms. The van der Waals surface area contributed by atoms with E-state index >= 15 is 0 Å². The number of fused-ring (bicyclic) bond motifs is 1. The van der Waals surface area contributed by atoms with Gasteiger partial charge in [0.15, 0.2) is 0 Å². The maximum atomic E-state index is 10.7. The molecule has 0 unspecified atom stereocenters. The number of carboxylic acids is 1. The van der Waals surface area contributed by atoms with Gasteiger partial charge in [-0.15, -0.1) is 0 Å². The van der Waals surface area contributed by atoms with Crippen LogP contribution >= 0.6 is 0 Å². The van der Waals surface area contributed by atoms with Gasteiger partial charge in [-0.25, -0.2) is 9.78 Å². The summed E-state index contributed by atoms with van der Waals surface area (Å²) in [5.74, 6) is -1.10. The predicted octanol–water partition coefficient (Wildman–Crippen LogP) is 1.31. The highest BCUT2D eigenvalue weighted by Crippen LogP contribution is 2.12. The van der Waals surface area contributed by atoms with Gasteiger partial charge in [0.05, 0.1) is 11.0 Å². The van der Waals surface area contributed by atoms with Gasteiger partial charge in [-0.2, -0.15) is 0 Å². The molecule has 15 heavy (non-hydrogen) atoms. The van der Waals surface area contributed by atoms with Crippen molar-refractivity contribution in [3.8, 4) is 0 Å². The summed E-state index contributed by atoms with van der Waals surface area (Å²) < 4.78 is 0. The molecule has 0 fully saturated rings. The van der Waals surface area contributed by atoms with Crippen LogP contribution < -0.4 is 0 Å². The van der Waals surface area contributed by atoms with Gasteiger partial charge in [-0.3, -0.25) is 4.99 Å². The fourth-order valence-electron chi connectivity index (χ4n) is 1.35. The number of rotatable bonds is 2. The first-order valence-electron chi connectivity index (χ1n) is 4.36. The topological polar surface area (TPSA) is 78.3 Å². The quantitative estimate of drug-likeness (QED) is 0.722. The Bertz CT molecular complexity index is 543. The molecule has 1 aromatic carbocycles. The second-order valence-corrected chi connectivity index (χ2v) is 3.05. The van der Waals surface area contributed by atoms with Gasteiger partial charge in [0.2, 0.25) is 5.82 Å². The van der Waals surface area contributed by atoms with E-state index in [0.717, 1.165) is 5.56 Å². The number of hydrogen-bond donors (Lipinski definition) is 2. The zero-order chi connectivity index (χ0) is 10.8. The third kappa shape index (κ3) is 1.71. The number of nitrogens with one attached hydrogen (secondary N) is 1. The minimum absolute atomic E-state index is 0.0458. The second kappa shape index (κ2) is 3.53. The number of nitrogens with zero attached hydrogens (tertiary/aromatic N) is 2. The number of imidazole rings is 1. The molecule has 2 N–H and O–H groups in total. The van der Waals surface area contributed by atoms with E-state index in [-0.39, 0.29) is 5.82 Å². The lowest BCUT2D eigenvalue weighted by Crippen LogP contribution is -1.97. The van der Waals surface area contributed by atoms with E-state index in [2.05, 4.69) is 15.0 Å². The number of benzene rings is 1. The van der Waals surface area contributed by atoms with Gasteiger partial charge in [0.1, 0.15) is 0 Å². The van der Waals surface area contributed by atoms with Crippen LogP contribution in [0.5, 0.6) is 0 Å². The highest BCUT2D eigenvalue weighted by Gasteiger charge is 2.08. The van der Waals surface area contributed by atoms with Crippen molar-refractivity contribution in [1.29, 1.82) is 0 Å². The highest BCUT2D eigenvalue weighted by molar-refractivity contribution is 5.91. The molecule has 1 heterocycles. The van der Waals surface area contributed by atoms with Crippen LogP contribution in [0.1, 0.15) is 16.2 Å². The van der Waals surface area contributed by atoms with Crippen LogP contribution in [0, 0.1) is 0 Å². The highest BCUT2D eigenvalue weighted by atomic mass is 16.4. The summed E-state index contributed by atoms with van der Waals surface area (Å²) in [6.07, 6.45) is 1.69. The van der Waals surface area contributed by atoms with Crippen LogP contribution in [-0.2, 0) is 0 Å². The van der Waals surface area contributed by atoms with Crippen molar-refractivity contribution in [2.24, 2.45) is 4.99 Å². The van der Waals surface area contributed by atoms with Crippen molar-refractivity contribution in [1.82, 2.24) is 9.97 Å². The van der Waals surface area contributed by atoms with E-state index < -0.39 is 5.97 Å². The molecule has 0 radical (unpaired) electrons. The zero-order valence-corrected chi connectivity index (χ0v) is 8.06. The maximum absolute atomic E-state index is 10.7. The van der Waals surface area contributed by atoms with Crippen molar-refractivity contribution in [3.63, 3.8) is 0 Å². The number of H-pyrrole nitrogens is 1. The SMILES string of the molecule is C/N=C/c1ccc2[nH]c(C(=O)O)nc2c1. The van der Waals surface area contributed by atoms with Crippen molar-refractivity contribution in [3.05, 3.63) is 29.6 Å². The van der Waals surface area contributed by atoms with Gasteiger partial charge in [0.25, 0.3) is 0 Å². The molecule has 0 aliphatic rings.